The molecule has 1 unspecified atom stereocenters. The van der Waals surface area contributed by atoms with Gasteiger partial charge in [0, 0.05) is 51.9 Å². The topological polar surface area (TPSA) is 42.9 Å². The first-order chi connectivity index (χ1) is 10.2. The van der Waals surface area contributed by atoms with E-state index in [-0.39, 0.29) is 24.0 Å². The number of hydrogen-bond acceptors (Lipinski definition) is 3. The Bertz CT molecular complexity index is 322. The average Bonchev–Trinajstić information content (AvgIpc) is 2.52. The van der Waals surface area contributed by atoms with Crippen LogP contribution in [0.5, 0.6) is 0 Å². The number of likely N-dealkylation sites (N-methyl/N-ethyl adjacent to an activating group) is 1. The zero-order valence-electron chi connectivity index (χ0n) is 14.5. The first-order valence-electron chi connectivity index (χ1n) is 8.59. The number of nitrogens with one attached hydrogen (secondary N) is 2. The number of nitrogens with zero attached hydrogens (tertiary/aromatic N) is 3. The Morgan fingerprint density at radius 1 is 1.14 bits per heavy atom. The lowest BCUT2D eigenvalue weighted by atomic mass is 9.96. The summed E-state index contributed by atoms with van der Waals surface area (Å²) in [6.07, 6.45) is 6.67. The monoisotopic (exact) mass is 423 g/mol. The molecule has 5 nitrogen and oxygen atoms in total. The van der Waals surface area contributed by atoms with Gasteiger partial charge in [0.15, 0.2) is 5.96 Å². The zero-order valence-corrected chi connectivity index (χ0v) is 16.8. The Hall–Kier alpha value is -0.0800. The van der Waals surface area contributed by atoms with Crippen LogP contribution in [0.2, 0.25) is 0 Å². The normalized spacial score (nSPS) is 23.7. The molecule has 0 bridgehead atoms. The Labute approximate surface area is 153 Å². The summed E-state index contributed by atoms with van der Waals surface area (Å²) in [5.41, 5.74) is 0. The van der Waals surface area contributed by atoms with Gasteiger partial charge in [-0.2, -0.15) is 0 Å². The summed E-state index contributed by atoms with van der Waals surface area (Å²) in [4.78, 5) is 9.35. The van der Waals surface area contributed by atoms with Gasteiger partial charge in [0.2, 0.25) is 0 Å². The van der Waals surface area contributed by atoms with Crippen LogP contribution in [0, 0.1) is 0 Å². The zero-order chi connectivity index (χ0) is 15.1. The number of aliphatic imine (C=N–C) groups is 1. The smallest absolute Gasteiger partial charge is 0.191 e. The quantitative estimate of drug-likeness (QED) is 0.411. The van der Waals surface area contributed by atoms with Gasteiger partial charge >= 0.3 is 0 Å². The molecule has 0 aromatic heterocycles. The van der Waals surface area contributed by atoms with Crippen LogP contribution in [0.1, 0.15) is 39.0 Å². The van der Waals surface area contributed by atoms with E-state index in [1.165, 1.54) is 58.3 Å². The van der Waals surface area contributed by atoms with Gasteiger partial charge in [-0.1, -0.05) is 19.3 Å². The Balaban J connectivity index is 0.00000242. The van der Waals surface area contributed by atoms with E-state index in [1.54, 1.807) is 0 Å². The third kappa shape index (κ3) is 6.58. The molecular weight excluding hydrogens is 389 g/mol. The second-order valence-corrected chi connectivity index (χ2v) is 6.62. The van der Waals surface area contributed by atoms with Crippen molar-refractivity contribution >= 4 is 29.9 Å². The van der Waals surface area contributed by atoms with Crippen molar-refractivity contribution in [3.05, 3.63) is 0 Å². The van der Waals surface area contributed by atoms with Crippen LogP contribution in [0.25, 0.3) is 0 Å². The third-order valence-corrected chi connectivity index (χ3v) is 4.90. The molecule has 2 aliphatic rings. The molecule has 1 saturated carbocycles. The fourth-order valence-electron chi connectivity index (χ4n) is 3.27. The molecule has 1 atom stereocenters. The molecule has 0 amide bonds. The minimum Gasteiger partial charge on any atom is -0.355 e. The number of piperazine rings is 1. The molecule has 1 saturated heterocycles. The molecule has 0 aromatic carbocycles. The molecule has 0 radical (unpaired) electrons. The molecule has 1 aliphatic heterocycles. The minimum atomic E-state index is 0. The minimum absolute atomic E-state index is 0. The van der Waals surface area contributed by atoms with E-state index in [0.29, 0.717) is 12.1 Å². The van der Waals surface area contributed by atoms with Crippen molar-refractivity contribution in [3.8, 4) is 0 Å². The fraction of sp³-hybridized carbons (Fsp3) is 0.938. The summed E-state index contributed by atoms with van der Waals surface area (Å²) in [5.74, 6) is 0.975. The lowest BCUT2D eigenvalue weighted by molar-refractivity contribution is 0.120. The van der Waals surface area contributed by atoms with Crippen LogP contribution in [0.15, 0.2) is 4.99 Å². The largest absolute Gasteiger partial charge is 0.355 e. The van der Waals surface area contributed by atoms with Gasteiger partial charge in [0.25, 0.3) is 0 Å². The van der Waals surface area contributed by atoms with Gasteiger partial charge in [-0.15, -0.1) is 24.0 Å². The Morgan fingerprint density at radius 3 is 2.36 bits per heavy atom. The molecule has 0 spiro atoms. The predicted octanol–water partition coefficient (Wildman–Crippen LogP) is 1.74. The molecule has 2 rings (SSSR count). The van der Waals surface area contributed by atoms with Crippen molar-refractivity contribution in [2.24, 2.45) is 4.99 Å². The van der Waals surface area contributed by atoms with E-state index < -0.39 is 0 Å². The van der Waals surface area contributed by atoms with Crippen molar-refractivity contribution in [1.29, 1.82) is 0 Å². The molecule has 6 heteroatoms. The second-order valence-electron chi connectivity index (χ2n) is 6.62. The SMILES string of the molecule is CN=C(NCC(C)N1CCN(C)CC1)NC1CCCCC1.I. The molecule has 0 aromatic rings. The van der Waals surface area contributed by atoms with Crippen LogP contribution < -0.4 is 10.6 Å². The summed E-state index contributed by atoms with van der Waals surface area (Å²) in [5, 5.41) is 7.09. The maximum Gasteiger partial charge on any atom is 0.191 e. The summed E-state index contributed by atoms with van der Waals surface area (Å²) >= 11 is 0. The molecule has 2 N–H and O–H groups in total. The highest BCUT2D eigenvalue weighted by Crippen LogP contribution is 2.17. The van der Waals surface area contributed by atoms with Gasteiger partial charge in [0.05, 0.1) is 0 Å². The number of hydrogen-bond donors (Lipinski definition) is 2. The third-order valence-electron chi connectivity index (χ3n) is 4.90. The summed E-state index contributed by atoms with van der Waals surface area (Å²) < 4.78 is 0. The highest BCUT2D eigenvalue weighted by Gasteiger charge is 2.20. The van der Waals surface area contributed by atoms with E-state index >= 15 is 0 Å². The van der Waals surface area contributed by atoms with Gasteiger partial charge in [0.1, 0.15) is 0 Å². The van der Waals surface area contributed by atoms with E-state index in [4.69, 9.17) is 0 Å². The fourth-order valence-corrected chi connectivity index (χ4v) is 3.27. The van der Waals surface area contributed by atoms with E-state index in [2.05, 4.69) is 39.4 Å². The van der Waals surface area contributed by atoms with E-state index in [1.807, 2.05) is 7.05 Å². The van der Waals surface area contributed by atoms with Crippen molar-refractivity contribution in [1.82, 2.24) is 20.4 Å². The maximum absolute atomic E-state index is 4.38. The van der Waals surface area contributed by atoms with Crippen molar-refractivity contribution in [2.75, 3.05) is 46.8 Å². The number of halogens is 1. The first kappa shape index (κ1) is 20.0. The van der Waals surface area contributed by atoms with Crippen LogP contribution in [0.4, 0.5) is 0 Å². The first-order valence-corrected chi connectivity index (χ1v) is 8.59. The van der Waals surface area contributed by atoms with E-state index in [0.717, 1.165) is 12.5 Å². The van der Waals surface area contributed by atoms with Gasteiger partial charge in [-0.3, -0.25) is 9.89 Å². The van der Waals surface area contributed by atoms with Gasteiger partial charge in [-0.25, -0.2) is 0 Å². The van der Waals surface area contributed by atoms with Crippen molar-refractivity contribution in [2.45, 2.75) is 51.1 Å². The van der Waals surface area contributed by atoms with Gasteiger partial charge < -0.3 is 15.5 Å². The molecule has 1 heterocycles. The second kappa shape index (κ2) is 10.6. The van der Waals surface area contributed by atoms with Crippen molar-refractivity contribution in [3.63, 3.8) is 0 Å². The molecule has 2 fully saturated rings. The number of guanidine groups is 1. The average molecular weight is 423 g/mol. The van der Waals surface area contributed by atoms with Crippen LogP contribution in [-0.2, 0) is 0 Å². The van der Waals surface area contributed by atoms with Crippen LogP contribution in [0.3, 0.4) is 0 Å². The number of rotatable bonds is 4. The highest BCUT2D eigenvalue weighted by atomic mass is 127. The lowest BCUT2D eigenvalue weighted by Crippen LogP contribution is -2.53. The van der Waals surface area contributed by atoms with Crippen molar-refractivity contribution < 1.29 is 0 Å². The Morgan fingerprint density at radius 2 is 1.77 bits per heavy atom. The lowest BCUT2D eigenvalue weighted by Gasteiger charge is -2.36. The maximum atomic E-state index is 4.38. The standard InChI is InChI=1S/C16H33N5.HI/c1-14(21-11-9-20(3)10-12-21)13-18-16(17-2)19-15-7-5-4-6-8-15;/h14-15H,4-13H2,1-3H3,(H2,17,18,19);1H. The predicted molar refractivity (Wildman–Crippen MR) is 105 cm³/mol. The molecule has 130 valence electrons. The summed E-state index contributed by atoms with van der Waals surface area (Å²) in [7, 11) is 4.08. The highest BCUT2D eigenvalue weighted by molar-refractivity contribution is 14.0. The summed E-state index contributed by atoms with van der Waals surface area (Å²) in [6, 6.07) is 1.17. The van der Waals surface area contributed by atoms with Crippen LogP contribution in [-0.4, -0.2) is 74.7 Å². The molecule has 22 heavy (non-hydrogen) atoms. The van der Waals surface area contributed by atoms with E-state index in [9.17, 15) is 0 Å². The van der Waals surface area contributed by atoms with Gasteiger partial charge in [-0.05, 0) is 26.8 Å². The molecule has 1 aliphatic carbocycles. The Kier molecular flexibility index (Phi) is 9.66. The molecular formula is C16H34IN5. The van der Waals surface area contributed by atoms with Crippen LogP contribution >= 0.6 is 24.0 Å². The summed E-state index contributed by atoms with van der Waals surface area (Å²) in [6.45, 7) is 7.99.